The topological polar surface area (TPSA) is 110 Å². The summed E-state index contributed by atoms with van der Waals surface area (Å²) in [7, 11) is -3.56. The van der Waals surface area contributed by atoms with Crippen LogP contribution in [0.15, 0.2) is 39.9 Å². The largest absolute Gasteiger partial charge is 0.352 e. The number of thiophene rings is 1. The SMILES string of the molecule is O=C(NCCC1CCCCN1S(=O)(=O)c1cccs1)c1cc(Cl)ccc1[N+](=O)[O-]. The van der Waals surface area contributed by atoms with Crippen molar-refractivity contribution in [1.29, 1.82) is 0 Å². The Morgan fingerprint density at radius 2 is 2.14 bits per heavy atom. The standard InChI is InChI=1S/C18H20ClN3O5S2/c19-13-6-7-16(22(24)25)15(12-13)18(23)20-9-8-14-4-1-2-10-21(14)29(26,27)17-5-3-11-28-17/h3,5-7,11-12,14H,1-2,4,8-10H2,(H,20,23). The number of nitro groups is 1. The number of nitrogens with zero attached hydrogens (tertiary/aromatic N) is 2. The summed E-state index contributed by atoms with van der Waals surface area (Å²) in [5.41, 5.74) is -0.444. The first-order valence-corrected chi connectivity index (χ1v) is 11.8. The van der Waals surface area contributed by atoms with Crippen molar-refractivity contribution in [2.45, 2.75) is 35.9 Å². The number of rotatable bonds is 7. The maximum Gasteiger partial charge on any atom is 0.282 e. The molecule has 1 aromatic heterocycles. The second-order valence-electron chi connectivity index (χ2n) is 6.66. The molecule has 2 heterocycles. The van der Waals surface area contributed by atoms with E-state index in [1.165, 1.54) is 33.8 Å². The van der Waals surface area contributed by atoms with E-state index in [2.05, 4.69) is 5.32 Å². The van der Waals surface area contributed by atoms with E-state index in [1.807, 2.05) is 0 Å². The first-order chi connectivity index (χ1) is 13.8. The lowest BCUT2D eigenvalue weighted by molar-refractivity contribution is -0.385. The van der Waals surface area contributed by atoms with E-state index >= 15 is 0 Å². The molecule has 0 spiro atoms. The number of carbonyl (C=O) groups excluding carboxylic acids is 1. The third kappa shape index (κ3) is 4.95. The average Bonchev–Trinajstić information content (AvgIpc) is 3.23. The van der Waals surface area contributed by atoms with Gasteiger partial charge in [-0.05, 0) is 42.8 Å². The van der Waals surface area contributed by atoms with Gasteiger partial charge in [-0.15, -0.1) is 11.3 Å². The van der Waals surface area contributed by atoms with Gasteiger partial charge in [0.05, 0.1) is 4.92 Å². The molecule has 1 fully saturated rings. The van der Waals surface area contributed by atoms with E-state index in [1.54, 1.807) is 17.5 Å². The monoisotopic (exact) mass is 457 g/mol. The maximum absolute atomic E-state index is 12.9. The van der Waals surface area contributed by atoms with Crippen LogP contribution in [0.25, 0.3) is 0 Å². The fourth-order valence-corrected chi connectivity index (χ4v) is 6.42. The van der Waals surface area contributed by atoms with Crippen LogP contribution in [-0.4, -0.2) is 42.7 Å². The van der Waals surface area contributed by atoms with Gasteiger partial charge in [-0.25, -0.2) is 8.42 Å². The maximum atomic E-state index is 12.9. The predicted octanol–water partition coefficient (Wildman–Crippen LogP) is 3.67. The molecule has 1 aliphatic rings. The number of hydrogen-bond acceptors (Lipinski definition) is 6. The molecule has 1 amide bonds. The molecule has 1 unspecified atom stereocenters. The smallest absolute Gasteiger partial charge is 0.282 e. The van der Waals surface area contributed by atoms with E-state index in [4.69, 9.17) is 11.6 Å². The summed E-state index contributed by atoms with van der Waals surface area (Å²) < 4.78 is 27.6. The highest BCUT2D eigenvalue weighted by atomic mass is 35.5. The van der Waals surface area contributed by atoms with Crippen molar-refractivity contribution < 1.29 is 18.1 Å². The molecule has 0 saturated carbocycles. The van der Waals surface area contributed by atoms with Gasteiger partial charge >= 0.3 is 0 Å². The van der Waals surface area contributed by atoms with Crippen LogP contribution >= 0.6 is 22.9 Å². The first kappa shape index (κ1) is 21.7. The Morgan fingerprint density at radius 3 is 2.83 bits per heavy atom. The number of nitro benzene ring substituents is 1. The van der Waals surface area contributed by atoms with E-state index in [0.29, 0.717) is 23.6 Å². The molecule has 8 nitrogen and oxygen atoms in total. The number of nitrogens with one attached hydrogen (secondary N) is 1. The number of sulfonamides is 1. The quantitative estimate of drug-likeness (QED) is 0.503. The van der Waals surface area contributed by atoms with Gasteiger partial charge in [0.2, 0.25) is 0 Å². The van der Waals surface area contributed by atoms with E-state index in [9.17, 15) is 23.3 Å². The van der Waals surface area contributed by atoms with Gasteiger partial charge in [-0.3, -0.25) is 14.9 Å². The zero-order chi connectivity index (χ0) is 21.0. The van der Waals surface area contributed by atoms with Gasteiger partial charge in [0, 0.05) is 30.2 Å². The number of benzene rings is 1. The molecule has 0 aliphatic carbocycles. The van der Waals surface area contributed by atoms with Crippen molar-refractivity contribution >= 4 is 44.6 Å². The van der Waals surface area contributed by atoms with Crippen LogP contribution < -0.4 is 5.32 Å². The molecule has 1 atom stereocenters. The number of halogens is 1. The van der Waals surface area contributed by atoms with Gasteiger partial charge in [0.25, 0.3) is 21.6 Å². The summed E-state index contributed by atoms with van der Waals surface area (Å²) in [5, 5.41) is 15.7. The Balaban J connectivity index is 1.67. The van der Waals surface area contributed by atoms with Crippen molar-refractivity contribution in [3.05, 3.63) is 56.4 Å². The van der Waals surface area contributed by atoms with Crippen LogP contribution in [-0.2, 0) is 10.0 Å². The highest BCUT2D eigenvalue weighted by Crippen LogP contribution is 2.29. The lowest BCUT2D eigenvalue weighted by atomic mass is 10.0. The molecule has 1 saturated heterocycles. The van der Waals surface area contributed by atoms with Crippen LogP contribution in [0.3, 0.4) is 0 Å². The fraction of sp³-hybridized carbons (Fsp3) is 0.389. The molecule has 3 rings (SSSR count). The Labute approximate surface area is 177 Å². The van der Waals surface area contributed by atoms with Crippen LogP contribution in [0.5, 0.6) is 0 Å². The van der Waals surface area contributed by atoms with Gasteiger partial charge in [0.1, 0.15) is 9.77 Å². The molecule has 1 aliphatic heterocycles. The van der Waals surface area contributed by atoms with Crippen LogP contribution in [0.1, 0.15) is 36.0 Å². The lowest BCUT2D eigenvalue weighted by Gasteiger charge is -2.34. The Hall–Kier alpha value is -2.01. The number of hydrogen-bond donors (Lipinski definition) is 1. The van der Waals surface area contributed by atoms with Crippen LogP contribution in [0, 0.1) is 10.1 Å². The summed E-state index contributed by atoms with van der Waals surface area (Å²) in [6, 6.07) is 6.86. The van der Waals surface area contributed by atoms with Crippen LogP contribution in [0.4, 0.5) is 5.69 Å². The van der Waals surface area contributed by atoms with Crippen LogP contribution in [0.2, 0.25) is 5.02 Å². The lowest BCUT2D eigenvalue weighted by Crippen LogP contribution is -2.45. The predicted molar refractivity (Wildman–Crippen MR) is 111 cm³/mol. The van der Waals surface area contributed by atoms with Crippen molar-refractivity contribution in [2.24, 2.45) is 0 Å². The summed E-state index contributed by atoms with van der Waals surface area (Å²) in [6.45, 7) is 0.641. The van der Waals surface area contributed by atoms with Gasteiger partial charge in [-0.1, -0.05) is 24.1 Å². The number of piperidine rings is 1. The minimum Gasteiger partial charge on any atom is -0.352 e. The second-order valence-corrected chi connectivity index (χ2v) is 10.2. The number of carbonyl (C=O) groups is 1. The summed E-state index contributed by atoms with van der Waals surface area (Å²) >= 11 is 7.05. The molecule has 1 N–H and O–H groups in total. The molecule has 0 bridgehead atoms. The second kappa shape index (κ2) is 9.21. The molecular formula is C18H20ClN3O5S2. The highest BCUT2D eigenvalue weighted by Gasteiger charge is 2.34. The van der Waals surface area contributed by atoms with Crippen molar-refractivity contribution in [1.82, 2.24) is 9.62 Å². The number of amides is 1. The zero-order valence-electron chi connectivity index (χ0n) is 15.4. The Morgan fingerprint density at radius 1 is 1.34 bits per heavy atom. The van der Waals surface area contributed by atoms with Crippen molar-refractivity contribution in [3.63, 3.8) is 0 Å². The molecule has 2 aromatic rings. The molecule has 0 radical (unpaired) electrons. The molecule has 11 heteroatoms. The zero-order valence-corrected chi connectivity index (χ0v) is 17.8. The molecule has 156 valence electrons. The average molecular weight is 458 g/mol. The van der Waals surface area contributed by atoms with E-state index in [-0.39, 0.29) is 28.9 Å². The molecule has 29 heavy (non-hydrogen) atoms. The first-order valence-electron chi connectivity index (χ1n) is 9.08. The summed E-state index contributed by atoms with van der Waals surface area (Å²) in [6.07, 6.45) is 2.83. The minimum absolute atomic E-state index is 0.116. The molecular weight excluding hydrogens is 438 g/mol. The summed E-state index contributed by atoms with van der Waals surface area (Å²) in [5.74, 6) is -0.609. The minimum atomic E-state index is -3.56. The Bertz CT molecular complexity index is 995. The Kier molecular flexibility index (Phi) is 6.89. The van der Waals surface area contributed by atoms with E-state index < -0.39 is 20.9 Å². The third-order valence-corrected chi connectivity index (χ3v) is 8.35. The highest BCUT2D eigenvalue weighted by molar-refractivity contribution is 7.91. The summed E-state index contributed by atoms with van der Waals surface area (Å²) in [4.78, 5) is 22.9. The van der Waals surface area contributed by atoms with Crippen molar-refractivity contribution in [2.75, 3.05) is 13.1 Å². The van der Waals surface area contributed by atoms with Gasteiger partial charge in [-0.2, -0.15) is 4.31 Å². The van der Waals surface area contributed by atoms with Crippen molar-refractivity contribution in [3.8, 4) is 0 Å². The normalized spacial score (nSPS) is 17.8. The molecule has 1 aromatic carbocycles. The fourth-order valence-electron chi connectivity index (χ4n) is 3.40. The third-order valence-electron chi connectivity index (χ3n) is 4.79. The van der Waals surface area contributed by atoms with Gasteiger partial charge in [0.15, 0.2) is 0 Å². The van der Waals surface area contributed by atoms with Gasteiger partial charge < -0.3 is 5.32 Å². The van der Waals surface area contributed by atoms with E-state index in [0.717, 1.165) is 12.8 Å².